The standard InChI is InChI=1S/C16H23FN2O3S/c1-12(11-23(2)21)18-16(20)15(19-7-9-22-10-8-19)13-5-3-4-6-14(13)17/h3-6,12,15H,7-11H2,1-2H3,(H,18,20). The summed E-state index contributed by atoms with van der Waals surface area (Å²) in [6, 6.07) is 5.40. The van der Waals surface area contributed by atoms with Gasteiger partial charge < -0.3 is 10.1 Å². The Morgan fingerprint density at radius 2 is 2.04 bits per heavy atom. The Hall–Kier alpha value is -1.31. The Kier molecular flexibility index (Phi) is 6.68. The van der Waals surface area contributed by atoms with E-state index in [4.69, 9.17) is 4.74 Å². The summed E-state index contributed by atoms with van der Waals surface area (Å²) in [5, 5.41) is 2.85. The van der Waals surface area contributed by atoms with Crippen LogP contribution in [0.4, 0.5) is 4.39 Å². The van der Waals surface area contributed by atoms with Crippen LogP contribution in [-0.2, 0) is 20.3 Å². The molecule has 0 aromatic heterocycles. The minimum absolute atomic E-state index is 0.233. The van der Waals surface area contributed by atoms with Crippen LogP contribution in [0.15, 0.2) is 24.3 Å². The molecule has 1 N–H and O–H groups in total. The number of hydrogen-bond acceptors (Lipinski definition) is 4. The highest BCUT2D eigenvalue weighted by Gasteiger charge is 2.31. The van der Waals surface area contributed by atoms with Gasteiger partial charge in [0.1, 0.15) is 11.9 Å². The molecule has 1 aromatic carbocycles. The Balaban J connectivity index is 2.20. The van der Waals surface area contributed by atoms with Gasteiger partial charge in [0, 0.05) is 47.5 Å². The van der Waals surface area contributed by atoms with Crippen LogP contribution in [0.5, 0.6) is 0 Å². The first-order valence-electron chi connectivity index (χ1n) is 7.65. The lowest BCUT2D eigenvalue weighted by Crippen LogP contribution is -2.48. The van der Waals surface area contributed by atoms with E-state index < -0.39 is 22.7 Å². The number of nitrogens with one attached hydrogen (secondary N) is 1. The van der Waals surface area contributed by atoms with Crippen molar-refractivity contribution in [1.29, 1.82) is 0 Å². The smallest absolute Gasteiger partial charge is 0.242 e. The molecule has 0 saturated carbocycles. The molecule has 5 nitrogen and oxygen atoms in total. The molecule has 1 aromatic rings. The van der Waals surface area contributed by atoms with Crippen molar-refractivity contribution in [2.75, 3.05) is 38.3 Å². The van der Waals surface area contributed by atoms with E-state index in [1.807, 2.05) is 4.90 Å². The number of benzene rings is 1. The topological polar surface area (TPSA) is 58.6 Å². The SMILES string of the molecule is CC(CS(C)=O)NC(=O)C(c1ccccc1F)N1CCOCC1. The minimum atomic E-state index is -1.00. The molecule has 2 rings (SSSR count). The van der Waals surface area contributed by atoms with Gasteiger partial charge >= 0.3 is 0 Å². The van der Waals surface area contributed by atoms with Gasteiger partial charge in [-0.3, -0.25) is 13.9 Å². The molecule has 128 valence electrons. The van der Waals surface area contributed by atoms with Crippen LogP contribution in [-0.4, -0.2) is 59.4 Å². The number of carbonyl (C=O) groups is 1. The van der Waals surface area contributed by atoms with E-state index in [0.717, 1.165) is 0 Å². The first kappa shape index (κ1) is 18.0. The number of ether oxygens (including phenoxy) is 1. The van der Waals surface area contributed by atoms with Crippen molar-refractivity contribution in [1.82, 2.24) is 10.2 Å². The molecule has 1 fully saturated rings. The first-order chi connectivity index (χ1) is 11.0. The maximum Gasteiger partial charge on any atom is 0.242 e. The van der Waals surface area contributed by atoms with E-state index in [1.54, 1.807) is 31.4 Å². The zero-order chi connectivity index (χ0) is 16.8. The second-order valence-corrected chi connectivity index (χ2v) is 7.20. The number of rotatable bonds is 6. The van der Waals surface area contributed by atoms with Crippen molar-refractivity contribution in [2.24, 2.45) is 0 Å². The molecule has 1 amide bonds. The number of amides is 1. The summed E-state index contributed by atoms with van der Waals surface area (Å²) in [5.74, 6) is -0.292. The fourth-order valence-corrected chi connectivity index (χ4v) is 3.54. The molecular weight excluding hydrogens is 319 g/mol. The maximum absolute atomic E-state index is 14.2. The summed E-state index contributed by atoms with van der Waals surface area (Å²) >= 11 is 0. The Bertz CT molecular complexity index is 564. The van der Waals surface area contributed by atoms with Crippen molar-refractivity contribution in [3.63, 3.8) is 0 Å². The number of nitrogens with zero attached hydrogens (tertiary/aromatic N) is 1. The molecule has 23 heavy (non-hydrogen) atoms. The second kappa shape index (κ2) is 8.52. The van der Waals surface area contributed by atoms with E-state index in [1.165, 1.54) is 6.07 Å². The summed E-state index contributed by atoms with van der Waals surface area (Å²) in [6.45, 7) is 3.98. The lowest BCUT2D eigenvalue weighted by Gasteiger charge is -2.34. The Morgan fingerprint density at radius 3 is 2.65 bits per heavy atom. The van der Waals surface area contributed by atoms with Gasteiger partial charge in [-0.25, -0.2) is 4.39 Å². The van der Waals surface area contributed by atoms with Crippen LogP contribution in [0.25, 0.3) is 0 Å². The van der Waals surface area contributed by atoms with Crippen LogP contribution in [0.2, 0.25) is 0 Å². The molecule has 3 atom stereocenters. The van der Waals surface area contributed by atoms with Gasteiger partial charge in [-0.05, 0) is 13.0 Å². The van der Waals surface area contributed by atoms with Gasteiger partial charge in [-0.15, -0.1) is 0 Å². The molecule has 1 aliphatic heterocycles. The molecule has 0 aliphatic carbocycles. The molecule has 1 saturated heterocycles. The van der Waals surface area contributed by atoms with Gasteiger partial charge in [0.2, 0.25) is 5.91 Å². The van der Waals surface area contributed by atoms with Crippen molar-refractivity contribution in [2.45, 2.75) is 19.0 Å². The zero-order valence-electron chi connectivity index (χ0n) is 13.5. The monoisotopic (exact) mass is 342 g/mol. The number of hydrogen-bond donors (Lipinski definition) is 1. The molecule has 7 heteroatoms. The summed E-state index contributed by atoms with van der Waals surface area (Å²) in [7, 11) is -1.00. The third-order valence-corrected chi connectivity index (χ3v) is 4.70. The number of morpholine rings is 1. The van der Waals surface area contributed by atoms with Crippen LogP contribution in [0.1, 0.15) is 18.5 Å². The van der Waals surface area contributed by atoms with Gasteiger partial charge in [-0.1, -0.05) is 18.2 Å². The maximum atomic E-state index is 14.2. The quantitative estimate of drug-likeness (QED) is 0.841. The van der Waals surface area contributed by atoms with E-state index in [9.17, 15) is 13.4 Å². The van der Waals surface area contributed by atoms with E-state index >= 15 is 0 Å². The number of halogens is 1. The van der Waals surface area contributed by atoms with Crippen LogP contribution < -0.4 is 5.32 Å². The lowest BCUT2D eigenvalue weighted by molar-refractivity contribution is -0.129. The molecule has 3 unspecified atom stereocenters. The highest BCUT2D eigenvalue weighted by atomic mass is 32.2. The molecule has 0 spiro atoms. The van der Waals surface area contributed by atoms with Crippen molar-refractivity contribution in [3.05, 3.63) is 35.6 Å². The minimum Gasteiger partial charge on any atom is -0.379 e. The fraction of sp³-hybridized carbons (Fsp3) is 0.562. The number of carbonyl (C=O) groups excluding carboxylic acids is 1. The third kappa shape index (κ3) is 5.09. The van der Waals surface area contributed by atoms with E-state index in [-0.39, 0.29) is 11.9 Å². The summed E-state index contributed by atoms with van der Waals surface area (Å²) in [5.41, 5.74) is 0.358. The fourth-order valence-electron chi connectivity index (χ4n) is 2.75. The van der Waals surface area contributed by atoms with Gasteiger partial charge in [-0.2, -0.15) is 0 Å². The van der Waals surface area contributed by atoms with Gasteiger partial charge in [0.25, 0.3) is 0 Å². The highest BCUT2D eigenvalue weighted by molar-refractivity contribution is 7.84. The third-order valence-electron chi connectivity index (χ3n) is 3.73. The zero-order valence-corrected chi connectivity index (χ0v) is 14.3. The molecule has 1 aliphatic rings. The lowest BCUT2D eigenvalue weighted by atomic mass is 10.0. The first-order valence-corrected chi connectivity index (χ1v) is 9.38. The van der Waals surface area contributed by atoms with Gasteiger partial charge in [0.15, 0.2) is 0 Å². The predicted octanol–water partition coefficient (Wildman–Crippen LogP) is 1.08. The van der Waals surface area contributed by atoms with Crippen LogP contribution in [0, 0.1) is 5.82 Å². The van der Waals surface area contributed by atoms with Crippen molar-refractivity contribution >= 4 is 16.7 Å². The average Bonchev–Trinajstić information content (AvgIpc) is 2.49. The summed E-state index contributed by atoms with van der Waals surface area (Å²) in [6.07, 6.45) is 1.60. The molecule has 0 bridgehead atoms. The predicted molar refractivity (Wildman–Crippen MR) is 88.1 cm³/mol. The van der Waals surface area contributed by atoms with Crippen LogP contribution >= 0.6 is 0 Å². The van der Waals surface area contributed by atoms with E-state index in [0.29, 0.717) is 37.6 Å². The van der Waals surface area contributed by atoms with Crippen molar-refractivity contribution in [3.8, 4) is 0 Å². The average molecular weight is 342 g/mol. The second-order valence-electron chi connectivity index (χ2n) is 5.72. The van der Waals surface area contributed by atoms with E-state index in [2.05, 4.69) is 5.32 Å². The molecule has 1 heterocycles. The van der Waals surface area contributed by atoms with Crippen molar-refractivity contribution < 1.29 is 18.1 Å². The summed E-state index contributed by atoms with van der Waals surface area (Å²) in [4.78, 5) is 14.7. The Labute approximate surface area is 138 Å². The Morgan fingerprint density at radius 1 is 1.39 bits per heavy atom. The normalized spacial score (nSPS) is 19.8. The van der Waals surface area contributed by atoms with Crippen LogP contribution in [0.3, 0.4) is 0 Å². The summed E-state index contributed by atoms with van der Waals surface area (Å²) < 4.78 is 30.8. The largest absolute Gasteiger partial charge is 0.379 e. The molecular formula is C16H23FN2O3S. The molecule has 0 radical (unpaired) electrons. The van der Waals surface area contributed by atoms with Gasteiger partial charge in [0.05, 0.1) is 13.2 Å². The highest BCUT2D eigenvalue weighted by Crippen LogP contribution is 2.24.